The molecule has 1 amide bonds. The zero-order valence-corrected chi connectivity index (χ0v) is 11.9. The second-order valence-electron chi connectivity index (χ2n) is 5.44. The predicted octanol–water partition coefficient (Wildman–Crippen LogP) is 1.89. The second kappa shape index (κ2) is 6.10. The van der Waals surface area contributed by atoms with Crippen molar-refractivity contribution < 1.29 is 4.79 Å². The molecule has 1 aliphatic rings. The first-order chi connectivity index (χ1) is 10.3. The molecule has 4 N–H and O–H groups in total. The summed E-state index contributed by atoms with van der Waals surface area (Å²) in [4.78, 5) is 15.9. The molecule has 1 atom stereocenters. The van der Waals surface area contributed by atoms with E-state index in [0.29, 0.717) is 11.6 Å². The van der Waals surface area contributed by atoms with Crippen molar-refractivity contribution in [3.05, 3.63) is 36.0 Å². The number of anilines is 1. The van der Waals surface area contributed by atoms with Gasteiger partial charge in [0.1, 0.15) is 0 Å². The average molecular weight is 284 g/mol. The van der Waals surface area contributed by atoms with Crippen molar-refractivity contribution in [2.45, 2.75) is 25.3 Å². The minimum atomic E-state index is -0.449. The summed E-state index contributed by atoms with van der Waals surface area (Å²) in [6.07, 6.45) is 5.06. The van der Waals surface area contributed by atoms with Crippen LogP contribution in [-0.4, -0.2) is 30.0 Å². The van der Waals surface area contributed by atoms with Gasteiger partial charge in [-0.05, 0) is 31.9 Å². The third-order valence-electron chi connectivity index (χ3n) is 4.00. The number of nitrogens with two attached hydrogens (primary N) is 1. The molecule has 1 saturated heterocycles. The van der Waals surface area contributed by atoms with Crippen LogP contribution in [-0.2, 0) is 0 Å². The van der Waals surface area contributed by atoms with Crippen molar-refractivity contribution in [1.29, 1.82) is 0 Å². The van der Waals surface area contributed by atoms with E-state index in [9.17, 15) is 4.79 Å². The third kappa shape index (κ3) is 2.97. The Morgan fingerprint density at radius 3 is 3.05 bits per heavy atom. The molecule has 1 fully saturated rings. The van der Waals surface area contributed by atoms with Crippen molar-refractivity contribution in [2.75, 3.05) is 18.4 Å². The lowest BCUT2D eigenvalue weighted by atomic mass is 10.1. The fraction of sp³-hybridized carbons (Fsp3) is 0.375. The normalized spacial score (nSPS) is 18.0. The third-order valence-corrected chi connectivity index (χ3v) is 4.00. The number of nitrogens with zero attached hydrogens (tertiary/aromatic N) is 1. The van der Waals surface area contributed by atoms with E-state index in [2.05, 4.69) is 15.6 Å². The van der Waals surface area contributed by atoms with E-state index in [0.717, 1.165) is 36.1 Å². The molecule has 0 aliphatic carbocycles. The molecule has 0 bridgehead atoms. The number of primary amides is 1. The van der Waals surface area contributed by atoms with Crippen molar-refractivity contribution in [3.8, 4) is 0 Å². The van der Waals surface area contributed by atoms with E-state index in [1.54, 1.807) is 6.20 Å². The fourth-order valence-corrected chi connectivity index (χ4v) is 2.89. The average Bonchev–Trinajstić information content (AvgIpc) is 3.00. The number of para-hydroxylation sites is 1. The SMILES string of the molecule is NC(=O)c1cnc2ccccc2c1NCC[C@H]1CCCN1. The van der Waals surface area contributed by atoms with Crippen LogP contribution >= 0.6 is 0 Å². The molecule has 110 valence electrons. The van der Waals surface area contributed by atoms with Crippen LogP contribution in [0.1, 0.15) is 29.6 Å². The number of carbonyl (C=O) groups excluding carboxylic acids is 1. The van der Waals surface area contributed by atoms with Gasteiger partial charge in [0.2, 0.25) is 0 Å². The topological polar surface area (TPSA) is 80.0 Å². The molecule has 0 unspecified atom stereocenters. The quantitative estimate of drug-likeness (QED) is 0.783. The van der Waals surface area contributed by atoms with Crippen LogP contribution in [0.2, 0.25) is 0 Å². The number of carbonyl (C=O) groups is 1. The van der Waals surface area contributed by atoms with Crippen LogP contribution in [0.25, 0.3) is 10.9 Å². The number of amides is 1. The number of nitrogens with one attached hydrogen (secondary N) is 2. The van der Waals surface area contributed by atoms with Gasteiger partial charge in [0.15, 0.2) is 0 Å². The number of rotatable bonds is 5. The lowest BCUT2D eigenvalue weighted by Crippen LogP contribution is -2.24. The van der Waals surface area contributed by atoms with Crippen LogP contribution in [0.4, 0.5) is 5.69 Å². The molecule has 3 rings (SSSR count). The van der Waals surface area contributed by atoms with E-state index in [1.165, 1.54) is 12.8 Å². The van der Waals surface area contributed by atoms with E-state index >= 15 is 0 Å². The zero-order valence-electron chi connectivity index (χ0n) is 11.9. The predicted molar refractivity (Wildman–Crippen MR) is 84.4 cm³/mol. The Morgan fingerprint density at radius 1 is 1.43 bits per heavy atom. The van der Waals surface area contributed by atoms with Crippen molar-refractivity contribution in [2.24, 2.45) is 5.73 Å². The molecule has 0 saturated carbocycles. The Labute approximate surface area is 123 Å². The van der Waals surface area contributed by atoms with Gasteiger partial charge in [-0.25, -0.2) is 0 Å². The van der Waals surface area contributed by atoms with Gasteiger partial charge in [0.05, 0.1) is 16.8 Å². The fourth-order valence-electron chi connectivity index (χ4n) is 2.89. The summed E-state index contributed by atoms with van der Waals surface area (Å²) in [6, 6.07) is 8.35. The summed E-state index contributed by atoms with van der Waals surface area (Å²) < 4.78 is 0. The zero-order chi connectivity index (χ0) is 14.7. The van der Waals surface area contributed by atoms with Gasteiger partial charge in [-0.3, -0.25) is 9.78 Å². The first kappa shape index (κ1) is 13.8. The first-order valence-corrected chi connectivity index (χ1v) is 7.40. The maximum absolute atomic E-state index is 11.6. The van der Waals surface area contributed by atoms with E-state index in [1.807, 2.05) is 24.3 Å². The van der Waals surface area contributed by atoms with Crippen LogP contribution in [0.5, 0.6) is 0 Å². The Bertz CT molecular complexity index is 650. The molecule has 5 nitrogen and oxygen atoms in total. The van der Waals surface area contributed by atoms with E-state index in [-0.39, 0.29) is 0 Å². The lowest BCUT2D eigenvalue weighted by Gasteiger charge is -2.15. The van der Waals surface area contributed by atoms with Gasteiger partial charge in [-0.15, -0.1) is 0 Å². The highest BCUT2D eigenvalue weighted by molar-refractivity contribution is 6.06. The molecule has 5 heteroatoms. The standard InChI is InChI=1S/C16H20N4O/c17-16(21)13-10-20-14-6-2-1-5-12(14)15(13)19-9-7-11-4-3-8-18-11/h1-2,5-6,10-11,18H,3-4,7-9H2,(H2,17,21)(H,19,20)/t11-/m1/s1. The minimum Gasteiger partial charge on any atom is -0.384 e. The maximum atomic E-state index is 11.6. The summed E-state index contributed by atoms with van der Waals surface area (Å²) >= 11 is 0. The molecule has 2 heterocycles. The molecule has 2 aromatic rings. The highest BCUT2D eigenvalue weighted by atomic mass is 16.1. The Hall–Kier alpha value is -2.14. The molecule has 1 aliphatic heterocycles. The van der Waals surface area contributed by atoms with E-state index in [4.69, 9.17) is 5.73 Å². The smallest absolute Gasteiger partial charge is 0.252 e. The first-order valence-electron chi connectivity index (χ1n) is 7.40. The summed E-state index contributed by atoms with van der Waals surface area (Å²) in [5.41, 5.74) is 7.58. The van der Waals surface area contributed by atoms with Gasteiger partial charge in [0.25, 0.3) is 5.91 Å². The Kier molecular flexibility index (Phi) is 4.01. The molecule has 0 radical (unpaired) electrons. The molecule has 0 spiro atoms. The molecule has 21 heavy (non-hydrogen) atoms. The number of fused-ring (bicyclic) bond motifs is 1. The van der Waals surface area contributed by atoms with Gasteiger partial charge >= 0.3 is 0 Å². The monoisotopic (exact) mass is 284 g/mol. The number of aromatic nitrogens is 1. The second-order valence-corrected chi connectivity index (χ2v) is 5.44. The van der Waals surface area contributed by atoms with Crippen LogP contribution in [0, 0.1) is 0 Å². The summed E-state index contributed by atoms with van der Waals surface area (Å²) in [5.74, 6) is -0.449. The molecular weight excluding hydrogens is 264 g/mol. The summed E-state index contributed by atoms with van der Waals surface area (Å²) in [7, 11) is 0. The highest BCUT2D eigenvalue weighted by Crippen LogP contribution is 2.25. The van der Waals surface area contributed by atoms with Crippen LogP contribution in [0.15, 0.2) is 30.5 Å². The summed E-state index contributed by atoms with van der Waals surface area (Å²) in [6.45, 7) is 1.92. The van der Waals surface area contributed by atoms with Crippen LogP contribution in [0.3, 0.4) is 0 Å². The van der Waals surface area contributed by atoms with Gasteiger partial charge in [0, 0.05) is 24.2 Å². The number of hydrogen-bond donors (Lipinski definition) is 3. The molecular formula is C16H20N4O. The number of pyridine rings is 1. The van der Waals surface area contributed by atoms with Crippen molar-refractivity contribution >= 4 is 22.5 Å². The lowest BCUT2D eigenvalue weighted by molar-refractivity contribution is 0.100. The Morgan fingerprint density at radius 2 is 2.29 bits per heavy atom. The number of hydrogen-bond acceptors (Lipinski definition) is 4. The maximum Gasteiger partial charge on any atom is 0.252 e. The Balaban J connectivity index is 1.83. The molecule has 1 aromatic heterocycles. The highest BCUT2D eigenvalue weighted by Gasteiger charge is 2.15. The largest absolute Gasteiger partial charge is 0.384 e. The van der Waals surface area contributed by atoms with Crippen molar-refractivity contribution in [1.82, 2.24) is 10.3 Å². The number of benzene rings is 1. The minimum absolute atomic E-state index is 0.449. The summed E-state index contributed by atoms with van der Waals surface area (Å²) in [5, 5.41) is 7.80. The molecule has 1 aromatic carbocycles. The van der Waals surface area contributed by atoms with Gasteiger partial charge in [-0.1, -0.05) is 18.2 Å². The van der Waals surface area contributed by atoms with Crippen LogP contribution < -0.4 is 16.4 Å². The van der Waals surface area contributed by atoms with E-state index < -0.39 is 5.91 Å². The van der Waals surface area contributed by atoms with Gasteiger partial charge < -0.3 is 16.4 Å². The van der Waals surface area contributed by atoms with Crippen molar-refractivity contribution in [3.63, 3.8) is 0 Å². The van der Waals surface area contributed by atoms with Gasteiger partial charge in [-0.2, -0.15) is 0 Å².